The first-order chi connectivity index (χ1) is 10.1. The maximum atomic E-state index is 9.48. The summed E-state index contributed by atoms with van der Waals surface area (Å²) in [5, 5.41) is 15.6. The number of phenolic OH excluding ortho intramolecular Hbond substituents is 1. The molecule has 106 valence electrons. The highest BCUT2D eigenvalue weighted by Gasteiger charge is 2.08. The summed E-state index contributed by atoms with van der Waals surface area (Å²) >= 11 is 1.56. The molecule has 0 aliphatic heterocycles. The van der Waals surface area contributed by atoms with Gasteiger partial charge in [-0.2, -0.15) is 0 Å². The number of aromatic nitrogens is 1. The Balaban J connectivity index is 1.88. The van der Waals surface area contributed by atoms with Crippen molar-refractivity contribution in [2.45, 2.75) is 13.8 Å². The third-order valence-electron chi connectivity index (χ3n) is 3.27. The molecule has 0 spiro atoms. The van der Waals surface area contributed by atoms with Crippen molar-refractivity contribution in [2.75, 3.05) is 5.32 Å². The summed E-state index contributed by atoms with van der Waals surface area (Å²) in [6.07, 6.45) is 0. The van der Waals surface area contributed by atoms with Gasteiger partial charge in [-0.1, -0.05) is 23.8 Å². The second kappa shape index (κ2) is 5.58. The minimum atomic E-state index is 0.242. The summed E-state index contributed by atoms with van der Waals surface area (Å²) in [5.74, 6) is 0.242. The predicted molar refractivity (Wildman–Crippen MR) is 88.4 cm³/mol. The van der Waals surface area contributed by atoms with Crippen LogP contribution in [-0.2, 0) is 0 Å². The molecular weight excluding hydrogens is 280 g/mol. The number of aryl methyl sites for hydroxylation is 2. The predicted octanol–water partition coefficient (Wildman–Crippen LogP) is 4.88. The number of nitrogens with zero attached hydrogens (tertiary/aromatic N) is 1. The molecule has 0 saturated carbocycles. The van der Waals surface area contributed by atoms with E-state index >= 15 is 0 Å². The zero-order valence-electron chi connectivity index (χ0n) is 11.9. The van der Waals surface area contributed by atoms with Crippen LogP contribution in [0.1, 0.15) is 11.1 Å². The average Bonchev–Trinajstić information content (AvgIpc) is 2.90. The quantitative estimate of drug-likeness (QED) is 0.724. The van der Waals surface area contributed by atoms with Gasteiger partial charge in [0, 0.05) is 22.7 Å². The number of thiazole rings is 1. The molecule has 0 amide bonds. The van der Waals surface area contributed by atoms with Gasteiger partial charge in [-0.3, -0.25) is 0 Å². The minimum absolute atomic E-state index is 0.242. The summed E-state index contributed by atoms with van der Waals surface area (Å²) in [7, 11) is 0. The number of phenols is 1. The molecule has 1 aromatic heterocycles. The molecule has 4 heteroatoms. The highest BCUT2D eigenvalue weighted by atomic mass is 32.1. The average molecular weight is 296 g/mol. The van der Waals surface area contributed by atoms with Gasteiger partial charge in [-0.15, -0.1) is 11.3 Å². The largest absolute Gasteiger partial charge is 0.508 e. The third-order valence-corrected chi connectivity index (χ3v) is 4.03. The van der Waals surface area contributed by atoms with Crippen molar-refractivity contribution in [2.24, 2.45) is 0 Å². The zero-order chi connectivity index (χ0) is 14.8. The SMILES string of the molecule is Cc1ccc(C)c(-c2csc(Nc3cccc(O)c3)n2)c1. The van der Waals surface area contributed by atoms with E-state index in [9.17, 15) is 5.11 Å². The van der Waals surface area contributed by atoms with Gasteiger partial charge >= 0.3 is 0 Å². The van der Waals surface area contributed by atoms with Crippen LogP contribution in [0.4, 0.5) is 10.8 Å². The standard InChI is InChI=1S/C17H16N2OS/c1-11-6-7-12(2)15(8-11)16-10-21-17(19-16)18-13-4-3-5-14(20)9-13/h3-10,20H,1-2H3,(H,18,19). The Labute approximate surface area is 127 Å². The van der Waals surface area contributed by atoms with Gasteiger partial charge in [0.1, 0.15) is 5.75 Å². The van der Waals surface area contributed by atoms with Gasteiger partial charge in [0.05, 0.1) is 5.69 Å². The Morgan fingerprint density at radius 2 is 1.95 bits per heavy atom. The number of benzene rings is 2. The summed E-state index contributed by atoms with van der Waals surface area (Å²) in [6, 6.07) is 13.4. The molecule has 0 bridgehead atoms. The molecule has 0 atom stereocenters. The Kier molecular flexibility index (Phi) is 3.62. The molecule has 1 heterocycles. The lowest BCUT2D eigenvalue weighted by molar-refractivity contribution is 0.475. The third kappa shape index (κ3) is 3.06. The van der Waals surface area contributed by atoms with Crippen molar-refractivity contribution in [3.63, 3.8) is 0 Å². The van der Waals surface area contributed by atoms with E-state index in [0.29, 0.717) is 0 Å². The van der Waals surface area contributed by atoms with Gasteiger partial charge in [0.2, 0.25) is 0 Å². The number of hydrogen-bond donors (Lipinski definition) is 2. The van der Waals surface area contributed by atoms with Gasteiger partial charge in [0.15, 0.2) is 5.13 Å². The Hall–Kier alpha value is -2.33. The van der Waals surface area contributed by atoms with Crippen molar-refractivity contribution in [1.82, 2.24) is 4.98 Å². The van der Waals surface area contributed by atoms with Gasteiger partial charge in [-0.05, 0) is 37.6 Å². The van der Waals surface area contributed by atoms with E-state index in [1.54, 1.807) is 29.5 Å². The van der Waals surface area contributed by atoms with Crippen LogP contribution in [0.2, 0.25) is 0 Å². The van der Waals surface area contributed by atoms with Crippen LogP contribution in [0.15, 0.2) is 47.8 Å². The van der Waals surface area contributed by atoms with Crippen LogP contribution in [0.3, 0.4) is 0 Å². The number of anilines is 2. The van der Waals surface area contributed by atoms with E-state index < -0.39 is 0 Å². The number of hydrogen-bond acceptors (Lipinski definition) is 4. The highest BCUT2D eigenvalue weighted by Crippen LogP contribution is 2.30. The lowest BCUT2D eigenvalue weighted by atomic mass is 10.0. The molecule has 2 aromatic carbocycles. The van der Waals surface area contributed by atoms with Gasteiger partial charge < -0.3 is 10.4 Å². The van der Waals surface area contributed by atoms with Crippen LogP contribution in [-0.4, -0.2) is 10.1 Å². The summed E-state index contributed by atoms with van der Waals surface area (Å²) in [5.41, 5.74) is 5.41. The van der Waals surface area contributed by atoms with Crippen molar-refractivity contribution < 1.29 is 5.11 Å². The topological polar surface area (TPSA) is 45.1 Å². The molecule has 0 saturated heterocycles. The number of nitrogens with one attached hydrogen (secondary N) is 1. The normalized spacial score (nSPS) is 10.6. The smallest absolute Gasteiger partial charge is 0.187 e. The first kappa shape index (κ1) is 13.6. The molecule has 2 N–H and O–H groups in total. The molecular formula is C17H16N2OS. The van der Waals surface area contributed by atoms with E-state index in [4.69, 9.17) is 0 Å². The van der Waals surface area contributed by atoms with E-state index in [2.05, 4.69) is 42.3 Å². The first-order valence-electron chi connectivity index (χ1n) is 6.71. The van der Waals surface area contributed by atoms with Gasteiger partial charge in [0.25, 0.3) is 0 Å². The molecule has 3 nitrogen and oxygen atoms in total. The molecule has 21 heavy (non-hydrogen) atoms. The molecule has 0 radical (unpaired) electrons. The molecule has 0 unspecified atom stereocenters. The van der Waals surface area contributed by atoms with E-state index in [0.717, 1.165) is 22.1 Å². The Morgan fingerprint density at radius 1 is 1.10 bits per heavy atom. The summed E-state index contributed by atoms with van der Waals surface area (Å²) in [4.78, 5) is 4.63. The van der Waals surface area contributed by atoms with Crippen LogP contribution in [0.25, 0.3) is 11.3 Å². The fraction of sp³-hybridized carbons (Fsp3) is 0.118. The Morgan fingerprint density at radius 3 is 2.76 bits per heavy atom. The van der Waals surface area contributed by atoms with E-state index in [1.165, 1.54) is 11.1 Å². The van der Waals surface area contributed by atoms with Crippen LogP contribution < -0.4 is 5.32 Å². The van der Waals surface area contributed by atoms with Crippen molar-refractivity contribution in [3.8, 4) is 17.0 Å². The monoisotopic (exact) mass is 296 g/mol. The second-order valence-corrected chi connectivity index (χ2v) is 5.89. The zero-order valence-corrected chi connectivity index (χ0v) is 12.7. The summed E-state index contributed by atoms with van der Waals surface area (Å²) < 4.78 is 0. The van der Waals surface area contributed by atoms with Gasteiger partial charge in [-0.25, -0.2) is 4.98 Å². The van der Waals surface area contributed by atoms with Crippen molar-refractivity contribution in [3.05, 3.63) is 59.0 Å². The van der Waals surface area contributed by atoms with E-state index in [1.807, 2.05) is 11.4 Å². The molecule has 3 aromatic rings. The first-order valence-corrected chi connectivity index (χ1v) is 7.59. The minimum Gasteiger partial charge on any atom is -0.508 e. The lowest BCUT2D eigenvalue weighted by Crippen LogP contribution is -1.90. The number of aromatic hydroxyl groups is 1. The van der Waals surface area contributed by atoms with Crippen molar-refractivity contribution in [1.29, 1.82) is 0 Å². The molecule has 3 rings (SSSR count). The highest BCUT2D eigenvalue weighted by molar-refractivity contribution is 7.14. The van der Waals surface area contributed by atoms with Crippen LogP contribution in [0.5, 0.6) is 5.75 Å². The van der Waals surface area contributed by atoms with Crippen LogP contribution in [0, 0.1) is 13.8 Å². The molecule has 0 aliphatic rings. The van der Waals surface area contributed by atoms with Crippen LogP contribution >= 0.6 is 11.3 Å². The second-order valence-electron chi connectivity index (χ2n) is 5.03. The fourth-order valence-electron chi connectivity index (χ4n) is 2.17. The van der Waals surface area contributed by atoms with E-state index in [-0.39, 0.29) is 5.75 Å². The maximum Gasteiger partial charge on any atom is 0.187 e. The molecule has 0 fully saturated rings. The fourth-order valence-corrected chi connectivity index (χ4v) is 2.90. The lowest BCUT2D eigenvalue weighted by Gasteiger charge is -2.04. The number of rotatable bonds is 3. The Bertz CT molecular complexity index is 780. The molecule has 0 aliphatic carbocycles. The summed E-state index contributed by atoms with van der Waals surface area (Å²) in [6.45, 7) is 4.18. The maximum absolute atomic E-state index is 9.48. The van der Waals surface area contributed by atoms with Crippen molar-refractivity contribution >= 4 is 22.2 Å².